The van der Waals surface area contributed by atoms with Gasteiger partial charge in [-0.05, 0) is 24.3 Å². The number of nitriles is 1. The van der Waals surface area contributed by atoms with Crippen LogP contribution in [-0.4, -0.2) is 26.4 Å². The number of hydrogen-bond donors (Lipinski definition) is 2. The molecular weight excluding hydrogens is 390 g/mol. The van der Waals surface area contributed by atoms with Crippen molar-refractivity contribution in [1.82, 2.24) is 14.8 Å². The van der Waals surface area contributed by atoms with Crippen LogP contribution in [0.2, 0.25) is 0 Å². The second-order valence-electron chi connectivity index (χ2n) is 7.01. The molecule has 31 heavy (non-hydrogen) atoms. The molecule has 3 N–H and O–H groups in total. The summed E-state index contributed by atoms with van der Waals surface area (Å²) >= 11 is 0. The third-order valence-electron chi connectivity index (χ3n) is 4.90. The van der Waals surface area contributed by atoms with Crippen LogP contribution in [0, 0.1) is 11.3 Å². The van der Waals surface area contributed by atoms with Crippen LogP contribution < -0.4 is 10.5 Å². The van der Waals surface area contributed by atoms with Crippen molar-refractivity contribution < 1.29 is 9.84 Å². The summed E-state index contributed by atoms with van der Waals surface area (Å²) in [5.74, 6) is 1.02. The Morgan fingerprint density at radius 3 is 2.58 bits per heavy atom. The Balaban J connectivity index is 1.70. The fourth-order valence-electron chi connectivity index (χ4n) is 3.19. The third-order valence-corrected chi connectivity index (χ3v) is 4.90. The van der Waals surface area contributed by atoms with Gasteiger partial charge in [0.05, 0.1) is 29.1 Å². The first kappa shape index (κ1) is 20.3. The second kappa shape index (κ2) is 8.79. The molecule has 2 heterocycles. The lowest BCUT2D eigenvalue weighted by Crippen LogP contribution is -2.11. The molecule has 154 valence electrons. The second-order valence-corrected chi connectivity index (χ2v) is 7.01. The lowest BCUT2D eigenvalue weighted by Gasteiger charge is -2.12. The summed E-state index contributed by atoms with van der Waals surface area (Å²) in [7, 11) is 1.80. The molecule has 0 saturated carbocycles. The van der Waals surface area contributed by atoms with Gasteiger partial charge in [-0.1, -0.05) is 36.4 Å². The molecule has 0 radical (unpaired) electrons. The number of rotatable bonds is 6. The van der Waals surface area contributed by atoms with Crippen LogP contribution in [0.4, 0.5) is 0 Å². The van der Waals surface area contributed by atoms with Gasteiger partial charge in [-0.2, -0.15) is 10.4 Å². The first-order valence-electron chi connectivity index (χ1n) is 9.75. The Kier molecular flexibility index (Phi) is 5.76. The van der Waals surface area contributed by atoms with Gasteiger partial charge in [0.1, 0.15) is 5.75 Å². The summed E-state index contributed by atoms with van der Waals surface area (Å²) in [4.78, 5) is 4.45. The molecule has 0 amide bonds. The number of aliphatic hydroxyl groups is 1. The highest BCUT2D eigenvalue weighted by molar-refractivity contribution is 5.69. The average molecular weight is 411 g/mol. The van der Waals surface area contributed by atoms with Crippen LogP contribution in [-0.2, 0) is 7.05 Å². The third kappa shape index (κ3) is 4.31. The topological polar surface area (TPSA) is 110 Å². The van der Waals surface area contributed by atoms with Crippen molar-refractivity contribution in [3.05, 3.63) is 84.1 Å². The molecule has 0 aliphatic rings. The molecule has 0 bridgehead atoms. The van der Waals surface area contributed by atoms with E-state index in [-0.39, 0.29) is 6.54 Å². The molecule has 0 saturated heterocycles. The smallest absolute Gasteiger partial charge is 0.218 e. The zero-order valence-electron chi connectivity index (χ0n) is 16.9. The molecule has 7 heteroatoms. The van der Waals surface area contributed by atoms with Gasteiger partial charge < -0.3 is 15.6 Å². The molecule has 4 rings (SSSR count). The molecule has 0 aliphatic heterocycles. The average Bonchev–Trinajstić information content (AvgIpc) is 3.19. The van der Waals surface area contributed by atoms with Crippen LogP contribution in [0.1, 0.15) is 17.2 Å². The van der Waals surface area contributed by atoms with Crippen LogP contribution in [0.15, 0.2) is 72.9 Å². The zero-order chi connectivity index (χ0) is 21.8. The predicted octanol–water partition coefficient (Wildman–Crippen LogP) is 3.81. The summed E-state index contributed by atoms with van der Waals surface area (Å²) in [5.41, 5.74) is 9.76. The first-order valence-corrected chi connectivity index (χ1v) is 9.75. The van der Waals surface area contributed by atoms with E-state index >= 15 is 0 Å². The Hall–Kier alpha value is -3.99. The fourth-order valence-corrected chi connectivity index (χ4v) is 3.19. The van der Waals surface area contributed by atoms with Crippen molar-refractivity contribution in [1.29, 1.82) is 5.26 Å². The van der Waals surface area contributed by atoms with E-state index in [2.05, 4.69) is 16.2 Å². The maximum absolute atomic E-state index is 9.90. The maximum Gasteiger partial charge on any atom is 0.218 e. The Morgan fingerprint density at radius 2 is 1.90 bits per heavy atom. The molecule has 7 nitrogen and oxygen atoms in total. The number of aryl methyl sites for hydroxylation is 1. The number of ether oxygens (including phenoxy) is 1. The quantitative estimate of drug-likeness (QED) is 0.499. The molecule has 1 atom stereocenters. The van der Waals surface area contributed by atoms with Crippen LogP contribution in [0.5, 0.6) is 11.6 Å². The van der Waals surface area contributed by atoms with E-state index in [0.29, 0.717) is 28.5 Å². The SMILES string of the molecule is Cn1nc(-c2ccccc2)cc1Oc1cc(C#N)ccc1-c1ccc(C(O)CN)cn1. The largest absolute Gasteiger partial charge is 0.439 e. The molecule has 0 aliphatic carbocycles. The standard InChI is InChI=1S/C24H21N5O2/c1-29-24(12-21(28-29)17-5-3-2-4-6-17)31-23-11-16(13-25)7-9-19(23)20-10-8-18(15-27-20)22(30)14-26/h2-12,15,22,30H,14,26H2,1H3. The summed E-state index contributed by atoms with van der Waals surface area (Å²) < 4.78 is 7.83. The number of aliphatic hydroxyl groups excluding tert-OH is 1. The van der Waals surface area contributed by atoms with E-state index in [4.69, 9.17) is 10.5 Å². The highest BCUT2D eigenvalue weighted by Gasteiger charge is 2.15. The van der Waals surface area contributed by atoms with Crippen LogP contribution in [0.3, 0.4) is 0 Å². The van der Waals surface area contributed by atoms with Crippen molar-refractivity contribution in [2.24, 2.45) is 12.8 Å². The van der Waals surface area contributed by atoms with E-state index in [1.807, 2.05) is 36.4 Å². The van der Waals surface area contributed by atoms with Crippen LogP contribution in [0.25, 0.3) is 22.5 Å². The number of nitrogens with two attached hydrogens (primary N) is 1. The normalized spacial score (nSPS) is 11.7. The first-order chi connectivity index (χ1) is 15.1. The van der Waals surface area contributed by atoms with Crippen LogP contribution >= 0.6 is 0 Å². The minimum absolute atomic E-state index is 0.122. The van der Waals surface area contributed by atoms with E-state index in [1.165, 1.54) is 0 Å². The van der Waals surface area contributed by atoms with Gasteiger partial charge in [0.25, 0.3) is 0 Å². The fraction of sp³-hybridized carbons (Fsp3) is 0.125. The van der Waals surface area contributed by atoms with Gasteiger partial charge >= 0.3 is 0 Å². The molecule has 2 aromatic heterocycles. The summed E-state index contributed by atoms with van der Waals surface area (Å²) in [5, 5.41) is 23.8. The minimum atomic E-state index is -0.760. The molecular formula is C24H21N5O2. The van der Waals surface area contributed by atoms with Gasteiger partial charge in [-0.3, -0.25) is 4.98 Å². The van der Waals surface area contributed by atoms with E-state index in [1.54, 1.807) is 48.3 Å². The van der Waals surface area contributed by atoms with Crippen molar-refractivity contribution in [2.45, 2.75) is 6.10 Å². The minimum Gasteiger partial charge on any atom is -0.439 e. The van der Waals surface area contributed by atoms with Crippen molar-refractivity contribution in [3.63, 3.8) is 0 Å². The molecule has 0 fully saturated rings. The van der Waals surface area contributed by atoms with Gasteiger partial charge in [0.15, 0.2) is 0 Å². The molecule has 4 aromatic rings. The van der Waals surface area contributed by atoms with Gasteiger partial charge in [-0.25, -0.2) is 4.68 Å². The van der Waals surface area contributed by atoms with Gasteiger partial charge in [0, 0.05) is 42.5 Å². The lowest BCUT2D eigenvalue weighted by atomic mass is 10.1. The summed E-state index contributed by atoms with van der Waals surface area (Å²) in [6, 6.07) is 22.6. The monoisotopic (exact) mass is 411 g/mol. The highest BCUT2D eigenvalue weighted by atomic mass is 16.5. The van der Waals surface area contributed by atoms with Gasteiger partial charge in [-0.15, -0.1) is 0 Å². The van der Waals surface area contributed by atoms with Crippen molar-refractivity contribution in [2.75, 3.05) is 6.54 Å². The Labute approximate surface area is 180 Å². The highest BCUT2D eigenvalue weighted by Crippen LogP contribution is 2.35. The molecule has 2 aromatic carbocycles. The zero-order valence-corrected chi connectivity index (χ0v) is 16.9. The molecule has 0 spiro atoms. The van der Waals surface area contributed by atoms with Gasteiger partial charge in [0.2, 0.25) is 5.88 Å². The Morgan fingerprint density at radius 1 is 1.10 bits per heavy atom. The van der Waals surface area contributed by atoms with Crippen molar-refractivity contribution >= 4 is 0 Å². The van der Waals surface area contributed by atoms with Crippen molar-refractivity contribution in [3.8, 4) is 40.2 Å². The number of aromatic nitrogens is 3. The molecule has 1 unspecified atom stereocenters. The maximum atomic E-state index is 9.90. The predicted molar refractivity (Wildman–Crippen MR) is 117 cm³/mol. The van der Waals surface area contributed by atoms with E-state index in [0.717, 1.165) is 16.8 Å². The number of hydrogen-bond acceptors (Lipinski definition) is 6. The lowest BCUT2D eigenvalue weighted by molar-refractivity contribution is 0.186. The van der Waals surface area contributed by atoms with E-state index < -0.39 is 6.10 Å². The number of nitrogens with zero attached hydrogens (tertiary/aromatic N) is 4. The number of benzene rings is 2. The number of pyridine rings is 1. The Bertz CT molecular complexity index is 1230. The van der Waals surface area contributed by atoms with E-state index in [9.17, 15) is 10.4 Å². The summed E-state index contributed by atoms with van der Waals surface area (Å²) in [6.07, 6.45) is 0.830. The summed E-state index contributed by atoms with van der Waals surface area (Å²) in [6.45, 7) is 0.122.